The fraction of sp³-hybridized carbons (Fsp3) is 0.818. The maximum absolute atomic E-state index is 10.4. The van der Waals surface area contributed by atoms with Crippen molar-refractivity contribution in [2.24, 2.45) is 0 Å². The summed E-state index contributed by atoms with van der Waals surface area (Å²) in [6, 6.07) is 0. The molecule has 1 atom stereocenters. The van der Waals surface area contributed by atoms with Crippen LogP contribution in [-0.4, -0.2) is 32.8 Å². The van der Waals surface area contributed by atoms with E-state index in [0.29, 0.717) is 0 Å². The molecule has 1 heterocycles. The summed E-state index contributed by atoms with van der Waals surface area (Å²) in [6.45, 7) is 2.86. The second kappa shape index (κ2) is 4.51. The van der Waals surface area contributed by atoms with Crippen molar-refractivity contribution < 1.29 is 9.84 Å². The predicted molar refractivity (Wildman–Crippen MR) is 58.9 cm³/mol. The van der Waals surface area contributed by atoms with Crippen LogP contribution in [0.15, 0.2) is 6.20 Å². The number of nitrogens with zero attached hydrogens (tertiary/aromatic N) is 3. The summed E-state index contributed by atoms with van der Waals surface area (Å²) in [5.74, 6) is 0. The highest BCUT2D eigenvalue weighted by atomic mass is 16.5. The van der Waals surface area contributed by atoms with E-state index >= 15 is 0 Å². The Morgan fingerprint density at radius 1 is 1.62 bits per heavy atom. The monoisotopic (exact) mass is 225 g/mol. The number of aryl methyl sites for hydroxylation is 1. The molecule has 1 N–H and O–H groups in total. The lowest BCUT2D eigenvalue weighted by atomic mass is 9.75. The van der Waals surface area contributed by atoms with Gasteiger partial charge >= 0.3 is 0 Å². The number of ether oxygens (including phenoxy) is 1. The Hall–Kier alpha value is -0.940. The van der Waals surface area contributed by atoms with E-state index in [9.17, 15) is 5.11 Å². The van der Waals surface area contributed by atoms with Gasteiger partial charge in [0.15, 0.2) is 0 Å². The smallest absolute Gasteiger partial charge is 0.126 e. The molecule has 0 aromatic carbocycles. The third-order valence-corrected chi connectivity index (χ3v) is 3.47. The van der Waals surface area contributed by atoms with Crippen molar-refractivity contribution in [3.63, 3.8) is 0 Å². The van der Waals surface area contributed by atoms with Crippen LogP contribution in [0.1, 0.15) is 44.4 Å². The van der Waals surface area contributed by atoms with Crippen molar-refractivity contribution >= 4 is 0 Å². The SMILES string of the molecule is CCCn1nncc1C(O)C1(OC)CCC1. The summed E-state index contributed by atoms with van der Waals surface area (Å²) in [5.41, 5.74) is 0.358. The van der Waals surface area contributed by atoms with E-state index in [4.69, 9.17) is 4.74 Å². The Morgan fingerprint density at radius 2 is 2.38 bits per heavy atom. The summed E-state index contributed by atoms with van der Waals surface area (Å²) < 4.78 is 7.24. The highest BCUT2D eigenvalue weighted by Crippen LogP contribution is 2.44. The normalized spacial score (nSPS) is 20.4. The Bertz CT molecular complexity index is 341. The first-order valence-corrected chi connectivity index (χ1v) is 5.85. The van der Waals surface area contributed by atoms with E-state index in [1.165, 1.54) is 0 Å². The Morgan fingerprint density at radius 3 is 2.88 bits per heavy atom. The van der Waals surface area contributed by atoms with Crippen LogP contribution in [0.3, 0.4) is 0 Å². The first kappa shape index (κ1) is 11.5. The molecular weight excluding hydrogens is 206 g/mol. The van der Waals surface area contributed by atoms with Crippen LogP contribution in [0.25, 0.3) is 0 Å². The maximum Gasteiger partial charge on any atom is 0.126 e. The molecule has 0 amide bonds. The van der Waals surface area contributed by atoms with Gasteiger partial charge in [-0.25, -0.2) is 4.68 Å². The van der Waals surface area contributed by atoms with Crippen molar-refractivity contribution in [3.8, 4) is 0 Å². The van der Waals surface area contributed by atoms with Crippen molar-refractivity contribution in [2.45, 2.75) is 50.9 Å². The van der Waals surface area contributed by atoms with Gasteiger partial charge in [0.1, 0.15) is 6.10 Å². The molecule has 0 aliphatic heterocycles. The molecule has 2 rings (SSSR count). The van der Waals surface area contributed by atoms with Crippen LogP contribution in [0.2, 0.25) is 0 Å². The molecule has 90 valence electrons. The zero-order valence-corrected chi connectivity index (χ0v) is 9.89. The summed E-state index contributed by atoms with van der Waals surface area (Å²) in [5, 5.41) is 18.2. The summed E-state index contributed by atoms with van der Waals surface area (Å²) >= 11 is 0. The van der Waals surface area contributed by atoms with Crippen LogP contribution in [-0.2, 0) is 11.3 Å². The predicted octanol–water partition coefficient (Wildman–Crippen LogP) is 1.29. The van der Waals surface area contributed by atoms with Gasteiger partial charge in [-0.05, 0) is 25.7 Å². The molecule has 16 heavy (non-hydrogen) atoms. The molecule has 1 aliphatic rings. The molecule has 1 aromatic rings. The zero-order valence-electron chi connectivity index (χ0n) is 9.89. The van der Waals surface area contributed by atoms with Crippen LogP contribution >= 0.6 is 0 Å². The second-order valence-electron chi connectivity index (χ2n) is 4.41. The number of hydrogen-bond donors (Lipinski definition) is 1. The van der Waals surface area contributed by atoms with Gasteiger partial charge in [0.25, 0.3) is 0 Å². The van der Waals surface area contributed by atoms with Gasteiger partial charge in [0.05, 0.1) is 17.5 Å². The maximum atomic E-state index is 10.4. The lowest BCUT2D eigenvalue weighted by Crippen LogP contribution is -2.45. The van der Waals surface area contributed by atoms with E-state index in [-0.39, 0.29) is 0 Å². The molecule has 0 bridgehead atoms. The largest absolute Gasteiger partial charge is 0.384 e. The number of aromatic nitrogens is 3. The first-order chi connectivity index (χ1) is 7.73. The lowest BCUT2D eigenvalue weighted by molar-refractivity contribution is -0.154. The van der Waals surface area contributed by atoms with Gasteiger partial charge < -0.3 is 9.84 Å². The van der Waals surface area contributed by atoms with Gasteiger partial charge in [-0.1, -0.05) is 12.1 Å². The fourth-order valence-corrected chi connectivity index (χ4v) is 2.25. The Balaban J connectivity index is 2.19. The van der Waals surface area contributed by atoms with Crippen LogP contribution in [0, 0.1) is 0 Å². The standard InChI is InChI=1S/C11H19N3O2/c1-3-7-14-9(8-12-13-14)10(15)11(16-2)5-4-6-11/h8,10,15H,3-7H2,1-2H3. The van der Waals surface area contributed by atoms with Crippen molar-refractivity contribution in [1.82, 2.24) is 15.0 Å². The van der Waals surface area contributed by atoms with Gasteiger partial charge in [-0.3, -0.25) is 0 Å². The van der Waals surface area contributed by atoms with E-state index in [2.05, 4.69) is 17.2 Å². The third kappa shape index (κ3) is 1.74. The van der Waals surface area contributed by atoms with Crippen LogP contribution in [0.5, 0.6) is 0 Å². The zero-order chi connectivity index (χ0) is 11.6. The van der Waals surface area contributed by atoms with E-state index in [1.54, 1.807) is 18.0 Å². The van der Waals surface area contributed by atoms with Crippen molar-refractivity contribution in [1.29, 1.82) is 0 Å². The molecule has 5 nitrogen and oxygen atoms in total. The van der Waals surface area contributed by atoms with Crippen molar-refractivity contribution in [2.75, 3.05) is 7.11 Å². The Kier molecular flexibility index (Phi) is 3.25. The number of methoxy groups -OCH3 is 1. The average molecular weight is 225 g/mol. The molecule has 1 aliphatic carbocycles. The first-order valence-electron chi connectivity index (χ1n) is 5.85. The molecule has 0 radical (unpaired) electrons. The van der Waals surface area contributed by atoms with Gasteiger partial charge in [0.2, 0.25) is 0 Å². The molecular formula is C11H19N3O2. The van der Waals surface area contributed by atoms with Gasteiger partial charge in [0, 0.05) is 13.7 Å². The summed E-state index contributed by atoms with van der Waals surface area (Å²) in [4.78, 5) is 0. The summed E-state index contributed by atoms with van der Waals surface area (Å²) in [6.07, 6.45) is 4.92. The minimum Gasteiger partial charge on any atom is -0.384 e. The highest BCUT2D eigenvalue weighted by molar-refractivity contribution is 5.10. The van der Waals surface area contributed by atoms with E-state index in [1.807, 2.05) is 0 Å². The second-order valence-corrected chi connectivity index (χ2v) is 4.41. The molecule has 1 unspecified atom stereocenters. The molecule has 1 aromatic heterocycles. The molecule has 0 spiro atoms. The molecule has 1 saturated carbocycles. The lowest BCUT2D eigenvalue weighted by Gasteiger charge is -2.43. The molecule has 0 saturated heterocycles. The van der Waals surface area contributed by atoms with Gasteiger partial charge in [-0.2, -0.15) is 0 Å². The van der Waals surface area contributed by atoms with Crippen LogP contribution < -0.4 is 0 Å². The Labute approximate surface area is 95.4 Å². The van der Waals surface area contributed by atoms with Crippen molar-refractivity contribution in [3.05, 3.63) is 11.9 Å². The highest BCUT2D eigenvalue weighted by Gasteiger charge is 2.45. The average Bonchev–Trinajstić information content (AvgIpc) is 2.65. The minimum atomic E-state index is -0.618. The van der Waals surface area contributed by atoms with E-state index in [0.717, 1.165) is 37.9 Å². The number of aliphatic hydroxyl groups is 1. The summed E-state index contributed by atoms with van der Waals surface area (Å²) in [7, 11) is 1.66. The topological polar surface area (TPSA) is 60.2 Å². The third-order valence-electron chi connectivity index (χ3n) is 3.47. The van der Waals surface area contributed by atoms with Gasteiger partial charge in [-0.15, -0.1) is 5.10 Å². The molecule has 1 fully saturated rings. The minimum absolute atomic E-state index is 0.410. The number of hydrogen-bond acceptors (Lipinski definition) is 4. The molecule has 5 heteroatoms. The quantitative estimate of drug-likeness (QED) is 0.820. The number of rotatable bonds is 5. The van der Waals surface area contributed by atoms with E-state index < -0.39 is 11.7 Å². The van der Waals surface area contributed by atoms with Crippen LogP contribution in [0.4, 0.5) is 0 Å². The fourth-order valence-electron chi connectivity index (χ4n) is 2.25. The number of aliphatic hydroxyl groups excluding tert-OH is 1.